The maximum atomic E-state index is 10.3. The number of nitrogens with zero attached hydrogens (tertiary/aromatic N) is 5. The average molecular weight is 191 g/mol. The molecule has 0 radical (unpaired) electrons. The number of hydrogen-bond donors (Lipinski definition) is 0. The van der Waals surface area contributed by atoms with Crippen molar-refractivity contribution in [2.24, 2.45) is 9.98 Å². The van der Waals surface area contributed by atoms with Crippen molar-refractivity contribution in [3.05, 3.63) is 34.4 Å². The molecule has 0 bridgehead atoms. The van der Waals surface area contributed by atoms with E-state index in [2.05, 4.69) is 20.0 Å². The first-order valence-electron chi connectivity index (χ1n) is 3.78. The molecule has 1 atom stereocenters. The van der Waals surface area contributed by atoms with Gasteiger partial charge in [-0.3, -0.25) is 0 Å². The molecule has 0 aliphatic carbocycles. The minimum Gasteiger partial charge on any atom is -0.390 e. The normalized spacial score (nSPS) is 19.4. The Labute approximate surface area is 78.4 Å². The summed E-state index contributed by atoms with van der Waals surface area (Å²) in [5.74, 6) is -0.376. The summed E-state index contributed by atoms with van der Waals surface area (Å²) in [5, 5.41) is 10.3. The van der Waals surface area contributed by atoms with Crippen LogP contribution in [0.4, 0.5) is 0 Å². The minimum atomic E-state index is -0.625. The van der Waals surface area contributed by atoms with Crippen molar-refractivity contribution < 1.29 is 4.92 Å². The van der Waals surface area contributed by atoms with Gasteiger partial charge in [0, 0.05) is 18.0 Å². The van der Waals surface area contributed by atoms with E-state index in [9.17, 15) is 10.1 Å². The Hall–Kier alpha value is -2.18. The van der Waals surface area contributed by atoms with Gasteiger partial charge in [-0.05, 0) is 4.92 Å². The first-order chi connectivity index (χ1) is 6.77. The van der Waals surface area contributed by atoms with Crippen molar-refractivity contribution >= 4 is 12.2 Å². The first kappa shape index (κ1) is 8.42. The predicted octanol–water partition coefficient (Wildman–Crippen LogP) is 0.235. The second-order valence-corrected chi connectivity index (χ2v) is 2.58. The third-order valence-electron chi connectivity index (χ3n) is 1.67. The van der Waals surface area contributed by atoms with Crippen LogP contribution in [0.15, 0.2) is 28.7 Å². The maximum absolute atomic E-state index is 10.3. The van der Waals surface area contributed by atoms with Gasteiger partial charge in [-0.2, -0.15) is 0 Å². The lowest BCUT2D eigenvalue weighted by Crippen LogP contribution is -2.05. The molecular weight excluding hydrogens is 186 g/mol. The standard InChI is InChI=1S/C7H5N5O2/c13-12(14)7-10-3-6(11-7)5-1-8-4-9-2-5/h1-4,6H. The van der Waals surface area contributed by atoms with Crippen molar-refractivity contribution in [2.75, 3.05) is 0 Å². The highest BCUT2D eigenvalue weighted by molar-refractivity contribution is 5.90. The SMILES string of the molecule is O=[N+]([O-])C1=NC(c2cncnc2)C=N1. The molecule has 1 aliphatic rings. The molecule has 1 aromatic rings. The van der Waals surface area contributed by atoms with E-state index in [4.69, 9.17) is 0 Å². The fourth-order valence-corrected chi connectivity index (χ4v) is 1.05. The lowest BCUT2D eigenvalue weighted by atomic mass is 10.2. The summed E-state index contributed by atoms with van der Waals surface area (Å²) in [6, 6.07) is -0.434. The van der Waals surface area contributed by atoms with E-state index in [1.165, 1.54) is 12.5 Å². The van der Waals surface area contributed by atoms with E-state index >= 15 is 0 Å². The molecule has 0 amide bonds. The van der Waals surface area contributed by atoms with Crippen LogP contribution in [0, 0.1) is 10.1 Å². The monoisotopic (exact) mass is 191 g/mol. The molecule has 7 nitrogen and oxygen atoms in total. The molecule has 1 aliphatic heterocycles. The summed E-state index contributed by atoms with van der Waals surface area (Å²) in [6.45, 7) is 0. The first-order valence-corrected chi connectivity index (χ1v) is 3.78. The average Bonchev–Trinajstić information content (AvgIpc) is 2.68. The van der Waals surface area contributed by atoms with E-state index in [1.54, 1.807) is 12.4 Å². The van der Waals surface area contributed by atoms with Crippen molar-refractivity contribution in [1.82, 2.24) is 9.97 Å². The van der Waals surface area contributed by atoms with Gasteiger partial charge in [0.05, 0.1) is 0 Å². The highest BCUT2D eigenvalue weighted by atomic mass is 16.6. The summed E-state index contributed by atoms with van der Waals surface area (Å²) in [5.41, 5.74) is 0.688. The molecule has 0 spiro atoms. The number of aromatic nitrogens is 2. The van der Waals surface area contributed by atoms with Gasteiger partial charge in [0.1, 0.15) is 12.5 Å². The third-order valence-corrected chi connectivity index (χ3v) is 1.67. The Morgan fingerprint density at radius 3 is 2.64 bits per heavy atom. The van der Waals surface area contributed by atoms with Gasteiger partial charge in [-0.25, -0.2) is 9.97 Å². The Balaban J connectivity index is 2.26. The maximum Gasteiger partial charge on any atom is 0.464 e. The molecule has 0 saturated heterocycles. The van der Waals surface area contributed by atoms with Crippen LogP contribution in [-0.2, 0) is 0 Å². The molecule has 2 heterocycles. The Morgan fingerprint density at radius 1 is 1.36 bits per heavy atom. The Kier molecular flexibility index (Phi) is 1.98. The highest BCUT2D eigenvalue weighted by Crippen LogP contribution is 2.17. The van der Waals surface area contributed by atoms with Crippen molar-refractivity contribution in [2.45, 2.75) is 6.04 Å². The third kappa shape index (κ3) is 1.47. The van der Waals surface area contributed by atoms with Gasteiger partial charge in [-0.15, -0.1) is 0 Å². The van der Waals surface area contributed by atoms with Crippen LogP contribution >= 0.6 is 0 Å². The molecule has 0 N–H and O–H groups in total. The zero-order chi connectivity index (χ0) is 9.97. The number of nitro groups is 1. The molecular formula is C7H5N5O2. The zero-order valence-electron chi connectivity index (χ0n) is 6.94. The molecule has 70 valence electrons. The lowest BCUT2D eigenvalue weighted by molar-refractivity contribution is -0.351. The zero-order valence-corrected chi connectivity index (χ0v) is 6.94. The number of aliphatic imine (C=N–C) groups is 2. The van der Waals surface area contributed by atoms with Crippen LogP contribution in [0.3, 0.4) is 0 Å². The summed E-state index contributed by atoms with van der Waals surface area (Å²) >= 11 is 0. The van der Waals surface area contributed by atoms with Gasteiger partial charge in [-0.1, -0.05) is 9.98 Å². The largest absolute Gasteiger partial charge is 0.464 e. The molecule has 14 heavy (non-hydrogen) atoms. The van der Waals surface area contributed by atoms with E-state index in [1.807, 2.05) is 0 Å². The van der Waals surface area contributed by atoms with Crippen LogP contribution in [0.1, 0.15) is 11.6 Å². The minimum absolute atomic E-state index is 0.376. The molecule has 1 unspecified atom stereocenters. The number of hydrogen-bond acceptors (Lipinski definition) is 6. The lowest BCUT2D eigenvalue weighted by Gasteiger charge is -1.95. The van der Waals surface area contributed by atoms with Crippen LogP contribution < -0.4 is 0 Å². The van der Waals surface area contributed by atoms with Crippen LogP contribution in [-0.4, -0.2) is 27.1 Å². The summed E-state index contributed by atoms with van der Waals surface area (Å²) in [7, 11) is 0. The van der Waals surface area contributed by atoms with Gasteiger partial charge < -0.3 is 10.1 Å². The fourth-order valence-electron chi connectivity index (χ4n) is 1.05. The molecule has 1 aromatic heterocycles. The van der Waals surface area contributed by atoms with Gasteiger partial charge in [0.2, 0.25) is 0 Å². The van der Waals surface area contributed by atoms with Crippen LogP contribution in [0.5, 0.6) is 0 Å². The molecule has 0 aromatic carbocycles. The summed E-state index contributed by atoms with van der Waals surface area (Å²) in [6.07, 6.45) is 5.89. The molecule has 2 rings (SSSR count). The quantitative estimate of drug-likeness (QED) is 0.469. The van der Waals surface area contributed by atoms with Gasteiger partial charge in [0.15, 0.2) is 6.04 Å². The Morgan fingerprint density at radius 2 is 2.07 bits per heavy atom. The van der Waals surface area contributed by atoms with Gasteiger partial charge in [0.25, 0.3) is 0 Å². The van der Waals surface area contributed by atoms with Crippen LogP contribution in [0.2, 0.25) is 0 Å². The highest BCUT2D eigenvalue weighted by Gasteiger charge is 2.25. The predicted molar refractivity (Wildman–Crippen MR) is 47.7 cm³/mol. The topological polar surface area (TPSA) is 93.6 Å². The molecule has 7 heteroatoms. The van der Waals surface area contributed by atoms with Crippen molar-refractivity contribution in [1.29, 1.82) is 0 Å². The number of rotatable bonds is 1. The van der Waals surface area contributed by atoms with E-state index in [0.29, 0.717) is 5.56 Å². The molecule has 0 fully saturated rings. The summed E-state index contributed by atoms with van der Waals surface area (Å²) in [4.78, 5) is 24.6. The van der Waals surface area contributed by atoms with Crippen molar-refractivity contribution in [3.8, 4) is 0 Å². The summed E-state index contributed by atoms with van der Waals surface area (Å²) < 4.78 is 0. The fraction of sp³-hybridized carbons (Fsp3) is 0.143. The van der Waals surface area contributed by atoms with Crippen molar-refractivity contribution in [3.63, 3.8) is 0 Å². The van der Waals surface area contributed by atoms with E-state index in [0.717, 1.165) is 0 Å². The smallest absolute Gasteiger partial charge is 0.390 e. The molecule has 0 saturated carbocycles. The Bertz CT molecular complexity index is 413. The number of guanidine groups is 1. The van der Waals surface area contributed by atoms with Crippen LogP contribution in [0.25, 0.3) is 0 Å². The van der Waals surface area contributed by atoms with E-state index < -0.39 is 11.0 Å². The second kappa shape index (κ2) is 3.29. The van der Waals surface area contributed by atoms with E-state index in [-0.39, 0.29) is 5.96 Å². The van der Waals surface area contributed by atoms with Gasteiger partial charge >= 0.3 is 5.96 Å². The second-order valence-electron chi connectivity index (χ2n) is 2.58.